The Kier molecular flexibility index (Phi) is 6.80. The Hall–Kier alpha value is -1.44. The third-order valence-corrected chi connectivity index (χ3v) is 4.98. The molecule has 0 aliphatic heterocycles. The van der Waals surface area contributed by atoms with Crippen LogP contribution in [-0.4, -0.2) is 50.6 Å². The zero-order chi connectivity index (χ0) is 15.9. The van der Waals surface area contributed by atoms with Gasteiger partial charge in [-0.15, -0.1) is 0 Å². The van der Waals surface area contributed by atoms with Crippen LogP contribution in [0.25, 0.3) is 0 Å². The number of benzene rings is 1. The van der Waals surface area contributed by atoms with Gasteiger partial charge < -0.3 is 9.84 Å². The maximum Gasteiger partial charge on any atom is 0.339 e. The van der Waals surface area contributed by atoms with Gasteiger partial charge in [-0.1, -0.05) is 25.5 Å². The van der Waals surface area contributed by atoms with E-state index in [1.807, 2.05) is 6.92 Å². The van der Waals surface area contributed by atoms with Gasteiger partial charge in [-0.2, -0.15) is 4.31 Å². The molecule has 0 unspecified atom stereocenters. The van der Waals surface area contributed by atoms with Gasteiger partial charge in [-0.05, 0) is 18.6 Å². The fraction of sp³-hybridized carbons (Fsp3) is 0.500. The predicted octanol–water partition coefficient (Wildman–Crippen LogP) is 1.26. The summed E-state index contributed by atoms with van der Waals surface area (Å²) in [7, 11) is -2.65. The Balaban J connectivity index is 3.24. The molecule has 1 rings (SSSR count). The van der Waals surface area contributed by atoms with Gasteiger partial charge in [-0.3, -0.25) is 0 Å². The van der Waals surface area contributed by atoms with Crippen molar-refractivity contribution in [3.8, 4) is 0 Å². The minimum atomic E-state index is -3.85. The summed E-state index contributed by atoms with van der Waals surface area (Å²) < 4.78 is 31.2. The van der Waals surface area contributed by atoms with Crippen molar-refractivity contribution in [2.75, 3.05) is 26.8 Å². The highest BCUT2D eigenvalue weighted by molar-refractivity contribution is 7.89. The molecular weight excluding hydrogens is 294 g/mol. The molecule has 0 aromatic heterocycles. The summed E-state index contributed by atoms with van der Waals surface area (Å²) in [6.45, 7) is 1.97. The molecule has 0 radical (unpaired) electrons. The number of aliphatic hydroxyl groups excluding tert-OH is 1. The normalized spacial score (nSPS) is 11.6. The highest BCUT2D eigenvalue weighted by Gasteiger charge is 2.28. The van der Waals surface area contributed by atoms with E-state index < -0.39 is 16.0 Å². The second-order valence-electron chi connectivity index (χ2n) is 4.47. The molecule has 21 heavy (non-hydrogen) atoms. The van der Waals surface area contributed by atoms with Gasteiger partial charge in [-0.25, -0.2) is 13.2 Å². The molecule has 0 fully saturated rings. The second kappa shape index (κ2) is 8.11. The first-order valence-corrected chi connectivity index (χ1v) is 8.21. The fourth-order valence-electron chi connectivity index (χ4n) is 1.91. The molecule has 0 atom stereocenters. The molecule has 1 aromatic rings. The van der Waals surface area contributed by atoms with Gasteiger partial charge in [0.05, 0.1) is 24.2 Å². The quantitative estimate of drug-likeness (QED) is 0.730. The molecule has 6 nitrogen and oxygen atoms in total. The predicted molar refractivity (Wildman–Crippen MR) is 78.5 cm³/mol. The molecule has 0 aliphatic rings. The topological polar surface area (TPSA) is 83.9 Å². The van der Waals surface area contributed by atoms with Crippen LogP contribution in [0.4, 0.5) is 0 Å². The van der Waals surface area contributed by atoms with Crippen LogP contribution in [0.2, 0.25) is 0 Å². The summed E-state index contributed by atoms with van der Waals surface area (Å²) in [6.07, 6.45) is 1.51. The summed E-state index contributed by atoms with van der Waals surface area (Å²) in [5.74, 6) is -0.700. The Bertz CT molecular complexity index is 570. The van der Waals surface area contributed by atoms with Gasteiger partial charge in [0, 0.05) is 13.1 Å². The SMILES string of the molecule is CCCCN(CCO)S(=O)(=O)c1ccccc1C(=O)OC. The lowest BCUT2D eigenvalue weighted by Crippen LogP contribution is -2.35. The van der Waals surface area contributed by atoms with Crippen molar-refractivity contribution in [3.05, 3.63) is 29.8 Å². The molecule has 118 valence electrons. The van der Waals surface area contributed by atoms with Crippen molar-refractivity contribution in [2.24, 2.45) is 0 Å². The van der Waals surface area contributed by atoms with E-state index in [0.29, 0.717) is 13.0 Å². The molecule has 1 aromatic carbocycles. The molecule has 0 saturated heterocycles. The van der Waals surface area contributed by atoms with Crippen molar-refractivity contribution in [2.45, 2.75) is 24.7 Å². The van der Waals surface area contributed by atoms with E-state index in [4.69, 9.17) is 5.11 Å². The van der Waals surface area contributed by atoms with Crippen LogP contribution in [0.15, 0.2) is 29.2 Å². The van der Waals surface area contributed by atoms with Gasteiger partial charge in [0.2, 0.25) is 10.0 Å². The third-order valence-electron chi connectivity index (χ3n) is 3.02. The van der Waals surface area contributed by atoms with Crippen molar-refractivity contribution in [3.63, 3.8) is 0 Å². The van der Waals surface area contributed by atoms with Crippen LogP contribution in [0.1, 0.15) is 30.1 Å². The molecule has 0 amide bonds. The van der Waals surface area contributed by atoms with Gasteiger partial charge in [0.25, 0.3) is 0 Å². The average molecular weight is 315 g/mol. The number of ether oxygens (including phenoxy) is 1. The van der Waals surface area contributed by atoms with Gasteiger partial charge >= 0.3 is 5.97 Å². The summed E-state index contributed by atoms with van der Waals surface area (Å²) in [5.41, 5.74) is -0.000520. The molecule has 7 heteroatoms. The van der Waals surface area contributed by atoms with E-state index in [2.05, 4.69) is 4.74 Å². The van der Waals surface area contributed by atoms with Gasteiger partial charge in [0.15, 0.2) is 0 Å². The Morgan fingerprint density at radius 2 is 1.95 bits per heavy atom. The number of carbonyl (C=O) groups excluding carboxylic acids is 1. The van der Waals surface area contributed by atoms with E-state index in [0.717, 1.165) is 6.42 Å². The molecule has 1 N–H and O–H groups in total. The van der Waals surface area contributed by atoms with Crippen molar-refractivity contribution < 1.29 is 23.1 Å². The maximum atomic E-state index is 12.7. The van der Waals surface area contributed by atoms with E-state index in [9.17, 15) is 13.2 Å². The number of rotatable bonds is 8. The molecule has 0 aliphatic carbocycles. The number of nitrogens with zero attached hydrogens (tertiary/aromatic N) is 1. The molecule has 0 spiro atoms. The van der Waals surface area contributed by atoms with E-state index in [1.165, 1.54) is 23.5 Å². The monoisotopic (exact) mass is 315 g/mol. The minimum Gasteiger partial charge on any atom is -0.465 e. The first-order chi connectivity index (χ1) is 9.98. The number of sulfonamides is 1. The van der Waals surface area contributed by atoms with Crippen molar-refractivity contribution in [1.29, 1.82) is 0 Å². The fourth-order valence-corrected chi connectivity index (χ4v) is 3.56. The number of hydrogen-bond acceptors (Lipinski definition) is 5. The number of unbranched alkanes of at least 4 members (excludes halogenated alkanes) is 1. The zero-order valence-electron chi connectivity index (χ0n) is 12.3. The second-order valence-corrected chi connectivity index (χ2v) is 6.38. The number of carbonyl (C=O) groups is 1. The van der Waals surface area contributed by atoms with Gasteiger partial charge in [0.1, 0.15) is 0 Å². The standard InChI is InChI=1S/C14H21NO5S/c1-3-4-9-15(10-11-16)21(18,19)13-8-6-5-7-12(13)14(17)20-2/h5-8,16H,3-4,9-11H2,1-2H3. The molecule has 0 bridgehead atoms. The Labute approximate surface area is 125 Å². The molecule has 0 saturated carbocycles. The number of hydrogen-bond donors (Lipinski definition) is 1. The van der Waals surface area contributed by atoms with Crippen LogP contribution >= 0.6 is 0 Å². The number of methoxy groups -OCH3 is 1. The van der Waals surface area contributed by atoms with Crippen LogP contribution in [-0.2, 0) is 14.8 Å². The number of esters is 1. The average Bonchev–Trinajstić information content (AvgIpc) is 2.50. The summed E-state index contributed by atoms with van der Waals surface area (Å²) in [4.78, 5) is 11.6. The van der Waals surface area contributed by atoms with Crippen LogP contribution < -0.4 is 0 Å². The highest BCUT2D eigenvalue weighted by atomic mass is 32.2. The highest BCUT2D eigenvalue weighted by Crippen LogP contribution is 2.21. The van der Waals surface area contributed by atoms with Crippen molar-refractivity contribution in [1.82, 2.24) is 4.31 Å². The smallest absolute Gasteiger partial charge is 0.339 e. The summed E-state index contributed by atoms with van der Waals surface area (Å²) in [5, 5.41) is 9.07. The Morgan fingerprint density at radius 1 is 1.29 bits per heavy atom. The Morgan fingerprint density at radius 3 is 2.52 bits per heavy atom. The third kappa shape index (κ3) is 4.26. The largest absolute Gasteiger partial charge is 0.465 e. The lowest BCUT2D eigenvalue weighted by atomic mass is 10.2. The van der Waals surface area contributed by atoms with E-state index >= 15 is 0 Å². The summed E-state index contributed by atoms with van der Waals surface area (Å²) >= 11 is 0. The first kappa shape index (κ1) is 17.6. The van der Waals surface area contributed by atoms with Crippen LogP contribution in [0.3, 0.4) is 0 Å². The van der Waals surface area contributed by atoms with Crippen molar-refractivity contribution >= 4 is 16.0 Å². The van der Waals surface area contributed by atoms with E-state index in [1.54, 1.807) is 12.1 Å². The number of aliphatic hydroxyl groups is 1. The van der Waals surface area contributed by atoms with Crippen LogP contribution in [0.5, 0.6) is 0 Å². The summed E-state index contributed by atoms with van der Waals surface area (Å²) in [6, 6.07) is 5.91. The molecular formula is C14H21NO5S. The lowest BCUT2D eigenvalue weighted by molar-refractivity contribution is 0.0596. The molecule has 0 heterocycles. The van der Waals surface area contributed by atoms with E-state index in [-0.39, 0.29) is 23.6 Å². The maximum absolute atomic E-state index is 12.7. The van der Waals surface area contributed by atoms with Crippen LogP contribution in [0, 0.1) is 0 Å². The minimum absolute atomic E-state index is 0.000520. The zero-order valence-corrected chi connectivity index (χ0v) is 13.1. The lowest BCUT2D eigenvalue weighted by Gasteiger charge is -2.22. The first-order valence-electron chi connectivity index (χ1n) is 6.77.